The maximum atomic E-state index is 13.2. The molecule has 0 spiro atoms. The summed E-state index contributed by atoms with van der Waals surface area (Å²) in [6, 6.07) is 19.0. The molecular formula is C26H27NO5. The molecule has 1 heterocycles. The minimum absolute atomic E-state index is 0.157. The summed E-state index contributed by atoms with van der Waals surface area (Å²) in [5.41, 5.74) is 0.784. The Labute approximate surface area is 187 Å². The Morgan fingerprint density at radius 1 is 1.09 bits per heavy atom. The lowest BCUT2D eigenvalue weighted by atomic mass is 9.90. The van der Waals surface area contributed by atoms with Crippen molar-refractivity contribution >= 4 is 22.4 Å². The molecule has 166 valence electrons. The first-order chi connectivity index (χ1) is 15.5. The van der Waals surface area contributed by atoms with E-state index in [1.54, 1.807) is 13.2 Å². The third-order valence-corrected chi connectivity index (χ3v) is 5.53. The molecule has 0 saturated carbocycles. The number of nitrogens with one attached hydrogen (secondary N) is 1. The first-order valence-corrected chi connectivity index (χ1v) is 10.5. The van der Waals surface area contributed by atoms with Crippen molar-refractivity contribution in [1.82, 2.24) is 0 Å². The molecule has 0 aromatic heterocycles. The lowest BCUT2D eigenvalue weighted by Gasteiger charge is -2.36. The van der Waals surface area contributed by atoms with Crippen molar-refractivity contribution in [3.63, 3.8) is 0 Å². The Morgan fingerprint density at radius 3 is 2.44 bits per heavy atom. The van der Waals surface area contributed by atoms with Gasteiger partial charge in [-0.05, 0) is 31.2 Å². The SMILES string of the molecule is C=CCOc1ccc(NC(=O)C2(C)COC(c3ccc(OC)cc3)OC2)c2ccccc12. The smallest absolute Gasteiger partial charge is 0.235 e. The Kier molecular flexibility index (Phi) is 6.44. The van der Waals surface area contributed by atoms with Gasteiger partial charge in [0.25, 0.3) is 0 Å². The van der Waals surface area contributed by atoms with Gasteiger partial charge in [-0.3, -0.25) is 4.79 Å². The van der Waals surface area contributed by atoms with E-state index >= 15 is 0 Å². The monoisotopic (exact) mass is 433 g/mol. The summed E-state index contributed by atoms with van der Waals surface area (Å²) in [6.07, 6.45) is 1.19. The summed E-state index contributed by atoms with van der Waals surface area (Å²) >= 11 is 0. The van der Waals surface area contributed by atoms with E-state index in [0.717, 1.165) is 33.5 Å². The Balaban J connectivity index is 1.47. The highest BCUT2D eigenvalue weighted by molar-refractivity contribution is 6.05. The summed E-state index contributed by atoms with van der Waals surface area (Å²) in [5.74, 6) is 1.36. The number of ether oxygens (including phenoxy) is 4. The molecule has 4 rings (SSSR count). The molecule has 0 unspecified atom stereocenters. The molecule has 0 aliphatic carbocycles. The van der Waals surface area contributed by atoms with Gasteiger partial charge in [-0.2, -0.15) is 0 Å². The number of hydrogen-bond acceptors (Lipinski definition) is 5. The number of anilines is 1. The fourth-order valence-corrected chi connectivity index (χ4v) is 3.62. The molecule has 6 heteroatoms. The number of methoxy groups -OCH3 is 1. The molecule has 1 aliphatic heterocycles. The lowest BCUT2D eigenvalue weighted by molar-refractivity contribution is -0.226. The Morgan fingerprint density at radius 2 is 1.78 bits per heavy atom. The average Bonchev–Trinajstić information content (AvgIpc) is 2.84. The van der Waals surface area contributed by atoms with Crippen LogP contribution < -0.4 is 14.8 Å². The van der Waals surface area contributed by atoms with Crippen LogP contribution in [0.5, 0.6) is 11.5 Å². The zero-order chi connectivity index (χ0) is 22.6. The third kappa shape index (κ3) is 4.47. The van der Waals surface area contributed by atoms with E-state index in [1.807, 2.05) is 67.6 Å². The molecule has 3 aromatic rings. The summed E-state index contributed by atoms with van der Waals surface area (Å²) in [7, 11) is 1.62. The van der Waals surface area contributed by atoms with Crippen LogP contribution in [0.2, 0.25) is 0 Å². The van der Waals surface area contributed by atoms with Gasteiger partial charge in [0, 0.05) is 22.0 Å². The van der Waals surface area contributed by atoms with E-state index < -0.39 is 11.7 Å². The third-order valence-electron chi connectivity index (χ3n) is 5.53. The van der Waals surface area contributed by atoms with E-state index in [-0.39, 0.29) is 19.1 Å². The number of carbonyl (C=O) groups excluding carboxylic acids is 1. The minimum atomic E-state index is -0.817. The second kappa shape index (κ2) is 9.42. The van der Waals surface area contributed by atoms with Crippen molar-refractivity contribution in [3.05, 3.63) is 78.9 Å². The van der Waals surface area contributed by atoms with Gasteiger partial charge in [0.2, 0.25) is 5.91 Å². The number of rotatable bonds is 7. The summed E-state index contributed by atoms with van der Waals surface area (Å²) in [5, 5.41) is 4.88. The van der Waals surface area contributed by atoms with Gasteiger partial charge in [0.1, 0.15) is 18.1 Å². The van der Waals surface area contributed by atoms with Crippen LogP contribution in [-0.4, -0.2) is 32.8 Å². The van der Waals surface area contributed by atoms with Gasteiger partial charge in [-0.25, -0.2) is 0 Å². The molecule has 1 saturated heterocycles. The quantitative estimate of drug-likeness (QED) is 0.525. The fourth-order valence-electron chi connectivity index (χ4n) is 3.62. The number of fused-ring (bicyclic) bond motifs is 1. The molecule has 3 aromatic carbocycles. The maximum Gasteiger partial charge on any atom is 0.235 e. The van der Waals surface area contributed by atoms with Crippen LogP contribution in [0.15, 0.2) is 73.3 Å². The second-order valence-electron chi connectivity index (χ2n) is 8.00. The number of carbonyl (C=O) groups is 1. The molecule has 1 amide bonds. The fraction of sp³-hybridized carbons (Fsp3) is 0.269. The van der Waals surface area contributed by atoms with Crippen molar-refractivity contribution in [2.45, 2.75) is 13.2 Å². The van der Waals surface area contributed by atoms with Crippen LogP contribution in [0.4, 0.5) is 5.69 Å². The normalized spacial score (nSPS) is 20.5. The van der Waals surface area contributed by atoms with E-state index in [4.69, 9.17) is 18.9 Å². The van der Waals surface area contributed by atoms with Crippen LogP contribution >= 0.6 is 0 Å². The van der Waals surface area contributed by atoms with Crippen LogP contribution in [0, 0.1) is 5.41 Å². The standard InChI is InChI=1S/C26H27NO5/c1-4-15-30-23-14-13-22(20-7-5-6-8-21(20)23)27-25(28)26(2)16-31-24(32-17-26)18-9-11-19(29-3)12-10-18/h4-14,24H,1,15-17H2,2-3H3,(H,27,28). The molecular weight excluding hydrogens is 406 g/mol. The first kappa shape index (κ1) is 21.9. The number of amides is 1. The van der Waals surface area contributed by atoms with Crippen LogP contribution in [0.3, 0.4) is 0 Å². The largest absolute Gasteiger partial charge is 0.497 e. The highest BCUT2D eigenvalue weighted by Gasteiger charge is 2.40. The van der Waals surface area contributed by atoms with E-state index in [0.29, 0.717) is 6.61 Å². The van der Waals surface area contributed by atoms with Crippen LogP contribution in [0.1, 0.15) is 18.8 Å². The average molecular weight is 434 g/mol. The van der Waals surface area contributed by atoms with Gasteiger partial charge in [-0.15, -0.1) is 0 Å². The van der Waals surface area contributed by atoms with Crippen molar-refractivity contribution in [1.29, 1.82) is 0 Å². The molecule has 0 atom stereocenters. The van der Waals surface area contributed by atoms with Crippen molar-refractivity contribution in [2.75, 3.05) is 32.2 Å². The summed E-state index contributed by atoms with van der Waals surface area (Å²) in [6.45, 7) is 6.44. The Hall–Kier alpha value is -3.35. The molecule has 0 bridgehead atoms. The van der Waals surface area contributed by atoms with Crippen molar-refractivity contribution in [3.8, 4) is 11.5 Å². The second-order valence-corrected chi connectivity index (χ2v) is 8.00. The highest BCUT2D eigenvalue weighted by Crippen LogP contribution is 2.35. The molecule has 1 fully saturated rings. The van der Waals surface area contributed by atoms with Crippen LogP contribution in [-0.2, 0) is 14.3 Å². The lowest BCUT2D eigenvalue weighted by Crippen LogP contribution is -2.45. The molecule has 6 nitrogen and oxygen atoms in total. The topological polar surface area (TPSA) is 66.0 Å². The first-order valence-electron chi connectivity index (χ1n) is 10.5. The maximum absolute atomic E-state index is 13.2. The predicted molar refractivity (Wildman–Crippen MR) is 124 cm³/mol. The van der Waals surface area contributed by atoms with Gasteiger partial charge in [-0.1, -0.05) is 49.1 Å². The van der Waals surface area contributed by atoms with E-state index in [1.165, 1.54) is 0 Å². The Bertz CT molecular complexity index is 1100. The minimum Gasteiger partial charge on any atom is -0.497 e. The van der Waals surface area contributed by atoms with E-state index in [9.17, 15) is 4.79 Å². The van der Waals surface area contributed by atoms with Gasteiger partial charge < -0.3 is 24.3 Å². The zero-order valence-electron chi connectivity index (χ0n) is 18.3. The van der Waals surface area contributed by atoms with Crippen molar-refractivity contribution < 1.29 is 23.7 Å². The highest BCUT2D eigenvalue weighted by atomic mass is 16.7. The van der Waals surface area contributed by atoms with E-state index in [2.05, 4.69) is 11.9 Å². The molecule has 1 aliphatic rings. The van der Waals surface area contributed by atoms with Crippen molar-refractivity contribution in [2.24, 2.45) is 5.41 Å². The van der Waals surface area contributed by atoms with Gasteiger partial charge >= 0.3 is 0 Å². The molecule has 1 N–H and O–H groups in total. The summed E-state index contributed by atoms with van der Waals surface area (Å²) < 4.78 is 22.8. The predicted octanol–water partition coefficient (Wildman–Crippen LogP) is 5.10. The van der Waals surface area contributed by atoms with Crippen LogP contribution in [0.25, 0.3) is 10.8 Å². The molecule has 32 heavy (non-hydrogen) atoms. The number of hydrogen-bond donors (Lipinski definition) is 1. The molecule has 0 radical (unpaired) electrons. The summed E-state index contributed by atoms with van der Waals surface area (Å²) in [4.78, 5) is 13.2. The zero-order valence-corrected chi connectivity index (χ0v) is 18.3. The van der Waals surface area contributed by atoms with Gasteiger partial charge in [0.15, 0.2) is 6.29 Å². The van der Waals surface area contributed by atoms with Gasteiger partial charge in [0.05, 0.1) is 25.7 Å². The number of benzene rings is 3.